The van der Waals surface area contributed by atoms with Crippen molar-refractivity contribution < 1.29 is 4.74 Å². The Labute approximate surface area is 87.4 Å². The Balaban J connectivity index is 2.19. The van der Waals surface area contributed by atoms with E-state index in [4.69, 9.17) is 22.1 Å². The fourth-order valence-electron chi connectivity index (χ4n) is 1.31. The molecule has 1 fully saturated rings. The van der Waals surface area contributed by atoms with E-state index in [0.29, 0.717) is 29.9 Å². The van der Waals surface area contributed by atoms with Crippen molar-refractivity contribution in [3.63, 3.8) is 0 Å². The number of pyridine rings is 1. The van der Waals surface area contributed by atoms with Crippen molar-refractivity contribution in [2.45, 2.75) is 12.5 Å². The average Bonchev–Trinajstić information content (AvgIpc) is 2.09. The van der Waals surface area contributed by atoms with Gasteiger partial charge in [-0.1, -0.05) is 11.6 Å². The molecule has 2 rings (SSSR count). The van der Waals surface area contributed by atoms with Gasteiger partial charge in [0.25, 0.3) is 0 Å². The summed E-state index contributed by atoms with van der Waals surface area (Å²) < 4.78 is 5.12. The van der Waals surface area contributed by atoms with Crippen LogP contribution in [0.2, 0.25) is 5.15 Å². The van der Waals surface area contributed by atoms with Crippen LogP contribution in [0.15, 0.2) is 12.1 Å². The van der Waals surface area contributed by atoms with Gasteiger partial charge in [0.05, 0.1) is 24.4 Å². The summed E-state index contributed by atoms with van der Waals surface area (Å²) >= 11 is 5.77. The number of aromatic nitrogens is 1. The van der Waals surface area contributed by atoms with Crippen LogP contribution in [0.3, 0.4) is 0 Å². The molecule has 2 heterocycles. The fraction of sp³-hybridized carbons (Fsp3) is 0.444. The number of nitrogens with one attached hydrogen (secondary N) is 1. The van der Waals surface area contributed by atoms with Crippen LogP contribution < -0.4 is 11.1 Å². The molecule has 1 aromatic heterocycles. The normalized spacial score (nSPS) is 18.7. The molecular formula is C9H12ClN3O. The van der Waals surface area contributed by atoms with Gasteiger partial charge in [0.15, 0.2) is 5.82 Å². The number of nitrogens with two attached hydrogens (primary N) is 1. The van der Waals surface area contributed by atoms with Crippen molar-refractivity contribution in [1.29, 1.82) is 0 Å². The molecule has 1 aliphatic heterocycles. The summed E-state index contributed by atoms with van der Waals surface area (Å²) in [4.78, 5) is 4.11. The molecule has 14 heavy (non-hydrogen) atoms. The molecule has 0 unspecified atom stereocenters. The Morgan fingerprint density at radius 2 is 2.29 bits per heavy atom. The second-order valence-electron chi connectivity index (χ2n) is 3.75. The standard InChI is InChI=1S/C9H12ClN3O/c1-9(4-14-5-9)13-8-6(11)2-3-7(10)12-8/h2-3H,4-5,11H2,1H3,(H,12,13). The predicted molar refractivity (Wildman–Crippen MR) is 56.5 cm³/mol. The summed E-state index contributed by atoms with van der Waals surface area (Å²) in [5.41, 5.74) is 6.29. The van der Waals surface area contributed by atoms with Crippen molar-refractivity contribution in [3.8, 4) is 0 Å². The zero-order chi connectivity index (χ0) is 10.2. The van der Waals surface area contributed by atoms with Crippen molar-refractivity contribution in [3.05, 3.63) is 17.3 Å². The van der Waals surface area contributed by atoms with Crippen molar-refractivity contribution >= 4 is 23.1 Å². The minimum atomic E-state index is -0.0637. The number of halogens is 1. The lowest BCUT2D eigenvalue weighted by atomic mass is 10.0. The Kier molecular flexibility index (Phi) is 2.25. The minimum absolute atomic E-state index is 0.0637. The first-order valence-corrected chi connectivity index (χ1v) is 4.75. The number of hydrogen-bond acceptors (Lipinski definition) is 4. The van der Waals surface area contributed by atoms with E-state index in [1.54, 1.807) is 12.1 Å². The fourth-order valence-corrected chi connectivity index (χ4v) is 1.46. The maximum Gasteiger partial charge on any atom is 0.151 e. The van der Waals surface area contributed by atoms with Crippen molar-refractivity contribution in [1.82, 2.24) is 4.98 Å². The summed E-state index contributed by atoms with van der Waals surface area (Å²) in [6.45, 7) is 3.39. The third-order valence-corrected chi connectivity index (χ3v) is 2.36. The third-order valence-electron chi connectivity index (χ3n) is 2.15. The highest BCUT2D eigenvalue weighted by Crippen LogP contribution is 2.26. The van der Waals surface area contributed by atoms with E-state index < -0.39 is 0 Å². The van der Waals surface area contributed by atoms with E-state index in [1.807, 2.05) is 0 Å². The van der Waals surface area contributed by atoms with E-state index in [1.165, 1.54) is 0 Å². The summed E-state index contributed by atoms with van der Waals surface area (Å²) in [5.74, 6) is 0.628. The smallest absolute Gasteiger partial charge is 0.151 e. The molecular weight excluding hydrogens is 202 g/mol. The molecule has 1 aromatic rings. The highest BCUT2D eigenvalue weighted by Gasteiger charge is 2.33. The van der Waals surface area contributed by atoms with Gasteiger partial charge >= 0.3 is 0 Å². The molecule has 3 N–H and O–H groups in total. The van der Waals surface area contributed by atoms with Crippen LogP contribution in [0.25, 0.3) is 0 Å². The highest BCUT2D eigenvalue weighted by atomic mass is 35.5. The van der Waals surface area contributed by atoms with E-state index in [0.717, 1.165) is 0 Å². The molecule has 76 valence electrons. The monoisotopic (exact) mass is 213 g/mol. The van der Waals surface area contributed by atoms with E-state index in [2.05, 4.69) is 17.2 Å². The number of rotatable bonds is 2. The summed E-state index contributed by atoms with van der Waals surface area (Å²) in [7, 11) is 0. The number of hydrogen-bond donors (Lipinski definition) is 2. The largest absolute Gasteiger partial charge is 0.396 e. The third kappa shape index (κ3) is 1.76. The lowest BCUT2D eigenvalue weighted by Crippen LogP contribution is -2.53. The second kappa shape index (κ2) is 3.29. The van der Waals surface area contributed by atoms with Gasteiger partial charge < -0.3 is 15.8 Å². The van der Waals surface area contributed by atoms with Crippen LogP contribution >= 0.6 is 11.6 Å². The van der Waals surface area contributed by atoms with E-state index >= 15 is 0 Å². The second-order valence-corrected chi connectivity index (χ2v) is 4.14. The van der Waals surface area contributed by atoms with Gasteiger partial charge in [0.1, 0.15) is 5.15 Å². The Morgan fingerprint density at radius 3 is 2.86 bits per heavy atom. The molecule has 0 aromatic carbocycles. The lowest BCUT2D eigenvalue weighted by Gasteiger charge is -2.39. The van der Waals surface area contributed by atoms with Gasteiger partial charge in [0, 0.05) is 0 Å². The lowest BCUT2D eigenvalue weighted by molar-refractivity contribution is -0.0319. The average molecular weight is 214 g/mol. The molecule has 0 bridgehead atoms. The van der Waals surface area contributed by atoms with Gasteiger partial charge in [-0.15, -0.1) is 0 Å². The van der Waals surface area contributed by atoms with Gasteiger partial charge in [0.2, 0.25) is 0 Å². The molecule has 0 saturated carbocycles. The first-order chi connectivity index (χ1) is 6.59. The number of nitrogen functional groups attached to an aromatic ring is 1. The van der Waals surface area contributed by atoms with Crippen LogP contribution in [-0.2, 0) is 4.74 Å². The molecule has 5 heteroatoms. The molecule has 0 spiro atoms. The first-order valence-electron chi connectivity index (χ1n) is 4.37. The number of nitrogens with zero attached hydrogens (tertiary/aromatic N) is 1. The van der Waals surface area contributed by atoms with E-state index in [9.17, 15) is 0 Å². The molecule has 0 atom stereocenters. The summed E-state index contributed by atoms with van der Waals surface area (Å²) in [6, 6.07) is 3.40. The van der Waals surface area contributed by atoms with Gasteiger partial charge in [-0.3, -0.25) is 0 Å². The Bertz CT molecular complexity index is 352. The van der Waals surface area contributed by atoms with Gasteiger partial charge in [-0.25, -0.2) is 4.98 Å². The molecule has 0 radical (unpaired) electrons. The maximum atomic E-state index is 5.77. The molecule has 1 saturated heterocycles. The minimum Gasteiger partial charge on any atom is -0.396 e. The van der Waals surface area contributed by atoms with Crippen LogP contribution in [0.4, 0.5) is 11.5 Å². The van der Waals surface area contributed by atoms with Gasteiger partial charge in [-0.05, 0) is 19.1 Å². The Morgan fingerprint density at radius 1 is 1.57 bits per heavy atom. The summed E-state index contributed by atoms with van der Waals surface area (Å²) in [6.07, 6.45) is 0. The molecule has 0 aliphatic carbocycles. The SMILES string of the molecule is CC1(Nc2nc(Cl)ccc2N)COC1. The number of anilines is 2. The molecule has 0 amide bonds. The first kappa shape index (κ1) is 9.55. The molecule has 4 nitrogen and oxygen atoms in total. The number of ether oxygens (including phenoxy) is 1. The zero-order valence-electron chi connectivity index (χ0n) is 7.88. The molecule has 1 aliphatic rings. The van der Waals surface area contributed by atoms with Crippen LogP contribution in [0, 0.1) is 0 Å². The van der Waals surface area contributed by atoms with Crippen LogP contribution in [-0.4, -0.2) is 23.7 Å². The van der Waals surface area contributed by atoms with Gasteiger partial charge in [-0.2, -0.15) is 0 Å². The topological polar surface area (TPSA) is 60.2 Å². The van der Waals surface area contributed by atoms with Crippen LogP contribution in [0.1, 0.15) is 6.92 Å². The Hall–Kier alpha value is -1.00. The maximum absolute atomic E-state index is 5.77. The van der Waals surface area contributed by atoms with Crippen LogP contribution in [0.5, 0.6) is 0 Å². The van der Waals surface area contributed by atoms with Crippen molar-refractivity contribution in [2.24, 2.45) is 0 Å². The quantitative estimate of drug-likeness (QED) is 0.732. The van der Waals surface area contributed by atoms with Crippen molar-refractivity contribution in [2.75, 3.05) is 24.3 Å². The predicted octanol–water partition coefficient (Wildman–Crippen LogP) is 1.52. The van der Waals surface area contributed by atoms with E-state index in [-0.39, 0.29) is 5.54 Å². The zero-order valence-corrected chi connectivity index (χ0v) is 8.64. The highest BCUT2D eigenvalue weighted by molar-refractivity contribution is 6.29. The summed E-state index contributed by atoms with van der Waals surface area (Å²) in [5, 5.41) is 3.65.